The minimum atomic E-state index is -0.288. The lowest BCUT2D eigenvalue weighted by molar-refractivity contribution is 0.0786. The topological polar surface area (TPSA) is 78.3 Å². The van der Waals surface area contributed by atoms with Gasteiger partial charge in [0.05, 0.1) is 18.8 Å². The first-order valence-electron chi connectivity index (χ1n) is 8.84. The highest BCUT2D eigenvalue weighted by molar-refractivity contribution is 5.91. The second-order valence-electron chi connectivity index (χ2n) is 6.38. The van der Waals surface area contributed by atoms with E-state index in [1.54, 1.807) is 10.9 Å². The molecule has 0 saturated carbocycles. The molecule has 7 heteroatoms. The number of aromatic nitrogens is 3. The van der Waals surface area contributed by atoms with Crippen molar-refractivity contribution in [2.24, 2.45) is 0 Å². The van der Waals surface area contributed by atoms with Gasteiger partial charge in [-0.2, -0.15) is 0 Å². The van der Waals surface area contributed by atoms with Crippen LogP contribution >= 0.6 is 0 Å². The summed E-state index contributed by atoms with van der Waals surface area (Å²) < 4.78 is 13.2. The van der Waals surface area contributed by atoms with Crippen molar-refractivity contribution in [2.45, 2.75) is 19.1 Å². The Hall–Kier alpha value is -3.35. The molecule has 2 atom stereocenters. The normalized spacial score (nSPS) is 16.6. The predicted octanol–water partition coefficient (Wildman–Crippen LogP) is 2.46. The quantitative estimate of drug-likeness (QED) is 0.752. The van der Waals surface area contributed by atoms with Crippen LogP contribution in [-0.4, -0.2) is 40.2 Å². The number of rotatable bonds is 5. The summed E-state index contributed by atoms with van der Waals surface area (Å²) in [4.78, 5) is 12.4. The van der Waals surface area contributed by atoms with Crippen molar-refractivity contribution >= 4 is 5.91 Å². The van der Waals surface area contributed by atoms with Gasteiger partial charge in [0.25, 0.3) is 5.91 Å². The second kappa shape index (κ2) is 7.49. The van der Waals surface area contributed by atoms with Crippen molar-refractivity contribution in [3.63, 3.8) is 0 Å². The molecular formula is C20H20N4O3. The molecule has 1 aromatic heterocycles. The van der Waals surface area contributed by atoms with Crippen molar-refractivity contribution in [3.8, 4) is 11.5 Å². The van der Waals surface area contributed by atoms with Gasteiger partial charge in [-0.15, -0.1) is 5.10 Å². The van der Waals surface area contributed by atoms with Crippen molar-refractivity contribution in [3.05, 3.63) is 72.1 Å². The third-order valence-electron chi connectivity index (χ3n) is 4.48. The van der Waals surface area contributed by atoms with Crippen molar-refractivity contribution in [2.75, 3.05) is 13.2 Å². The van der Waals surface area contributed by atoms with Gasteiger partial charge in [-0.05, 0) is 24.6 Å². The molecule has 2 aromatic carbocycles. The molecule has 1 N–H and O–H groups in total. The van der Waals surface area contributed by atoms with Crippen LogP contribution in [0.15, 0.2) is 60.8 Å². The van der Waals surface area contributed by atoms with E-state index in [1.165, 1.54) is 0 Å². The summed E-state index contributed by atoms with van der Waals surface area (Å²) in [5.74, 6) is 1.12. The van der Waals surface area contributed by atoms with Crippen LogP contribution in [0, 0.1) is 0 Å². The zero-order valence-electron chi connectivity index (χ0n) is 14.9. The molecule has 0 fully saturated rings. The van der Waals surface area contributed by atoms with E-state index in [0.29, 0.717) is 18.9 Å². The third kappa shape index (κ3) is 3.76. The molecule has 0 bridgehead atoms. The molecule has 138 valence electrons. The van der Waals surface area contributed by atoms with Crippen LogP contribution in [-0.2, 0) is 0 Å². The Balaban J connectivity index is 1.35. The summed E-state index contributed by atoms with van der Waals surface area (Å²) in [7, 11) is 0. The number of fused-ring (bicyclic) bond motifs is 1. The lowest BCUT2D eigenvalue weighted by atomic mass is 10.1. The monoisotopic (exact) mass is 364 g/mol. The van der Waals surface area contributed by atoms with E-state index in [9.17, 15) is 4.79 Å². The number of nitrogens with one attached hydrogen (secondary N) is 1. The van der Waals surface area contributed by atoms with Crippen LogP contribution in [0.5, 0.6) is 11.5 Å². The number of para-hydroxylation sites is 2. The number of ether oxygens (including phenoxy) is 2. The molecule has 3 aromatic rings. The molecule has 1 amide bonds. The molecule has 0 spiro atoms. The van der Waals surface area contributed by atoms with Crippen LogP contribution in [0.1, 0.15) is 29.0 Å². The number of carbonyl (C=O) groups is 1. The first-order chi connectivity index (χ1) is 13.2. The summed E-state index contributed by atoms with van der Waals surface area (Å²) in [5, 5.41) is 10.9. The number of hydrogen-bond donors (Lipinski definition) is 1. The van der Waals surface area contributed by atoms with Gasteiger partial charge in [-0.3, -0.25) is 4.79 Å². The smallest absolute Gasteiger partial charge is 0.273 e. The van der Waals surface area contributed by atoms with Gasteiger partial charge in [0, 0.05) is 0 Å². The Bertz CT molecular complexity index is 926. The van der Waals surface area contributed by atoms with E-state index >= 15 is 0 Å². The molecule has 0 radical (unpaired) electrons. The maximum absolute atomic E-state index is 12.4. The minimum absolute atomic E-state index is 0.00757. The van der Waals surface area contributed by atoms with E-state index in [1.807, 2.05) is 61.5 Å². The van der Waals surface area contributed by atoms with Crippen LogP contribution in [0.2, 0.25) is 0 Å². The zero-order chi connectivity index (χ0) is 18.6. The average molecular weight is 364 g/mol. The van der Waals surface area contributed by atoms with Gasteiger partial charge < -0.3 is 14.8 Å². The molecule has 0 saturated heterocycles. The van der Waals surface area contributed by atoms with Gasteiger partial charge >= 0.3 is 0 Å². The van der Waals surface area contributed by atoms with Crippen LogP contribution < -0.4 is 14.8 Å². The van der Waals surface area contributed by atoms with Crippen LogP contribution in [0.3, 0.4) is 0 Å². The van der Waals surface area contributed by atoms with Gasteiger partial charge in [0.2, 0.25) is 0 Å². The fourth-order valence-electron chi connectivity index (χ4n) is 2.92. The van der Waals surface area contributed by atoms with Crippen LogP contribution in [0.4, 0.5) is 0 Å². The number of hydrogen-bond acceptors (Lipinski definition) is 5. The van der Waals surface area contributed by atoms with Crippen molar-refractivity contribution in [1.82, 2.24) is 20.3 Å². The van der Waals surface area contributed by atoms with E-state index in [2.05, 4.69) is 15.6 Å². The van der Waals surface area contributed by atoms with Gasteiger partial charge in [-0.25, -0.2) is 4.68 Å². The van der Waals surface area contributed by atoms with E-state index in [0.717, 1.165) is 11.3 Å². The molecule has 0 unspecified atom stereocenters. The van der Waals surface area contributed by atoms with Crippen molar-refractivity contribution in [1.29, 1.82) is 0 Å². The molecular weight excluding hydrogens is 344 g/mol. The number of amides is 1. The summed E-state index contributed by atoms with van der Waals surface area (Å²) in [6.45, 7) is 2.72. The highest BCUT2D eigenvalue weighted by Gasteiger charge is 2.22. The summed E-state index contributed by atoms with van der Waals surface area (Å²) in [6, 6.07) is 17.4. The minimum Gasteiger partial charge on any atom is -0.486 e. The lowest BCUT2D eigenvalue weighted by Gasteiger charge is -2.26. The van der Waals surface area contributed by atoms with Crippen molar-refractivity contribution < 1.29 is 14.3 Å². The number of benzene rings is 2. The Morgan fingerprint density at radius 2 is 1.93 bits per heavy atom. The predicted molar refractivity (Wildman–Crippen MR) is 99.0 cm³/mol. The molecule has 7 nitrogen and oxygen atoms in total. The molecule has 27 heavy (non-hydrogen) atoms. The number of nitrogens with zero attached hydrogens (tertiary/aromatic N) is 3. The first-order valence-corrected chi connectivity index (χ1v) is 8.84. The van der Waals surface area contributed by atoms with E-state index in [-0.39, 0.29) is 23.7 Å². The molecule has 1 aliphatic heterocycles. The fourth-order valence-corrected chi connectivity index (χ4v) is 2.92. The summed E-state index contributed by atoms with van der Waals surface area (Å²) in [6.07, 6.45) is 1.41. The standard InChI is InChI=1S/C20H20N4O3/c1-14(15-7-3-2-4-8-15)24-12-17(22-23-24)20(25)21-11-16-13-26-18-9-5-6-10-19(18)27-16/h2-10,12,14,16H,11,13H2,1H3,(H,21,25)/t14-,16-/m1/s1. The zero-order valence-corrected chi connectivity index (χ0v) is 14.9. The van der Waals surface area contributed by atoms with Gasteiger partial charge in [0.15, 0.2) is 17.2 Å². The van der Waals surface area contributed by atoms with Gasteiger partial charge in [0.1, 0.15) is 12.7 Å². The maximum Gasteiger partial charge on any atom is 0.273 e. The second-order valence-corrected chi connectivity index (χ2v) is 6.38. The number of carbonyl (C=O) groups excluding carboxylic acids is 1. The van der Waals surface area contributed by atoms with E-state index in [4.69, 9.17) is 9.47 Å². The highest BCUT2D eigenvalue weighted by Crippen LogP contribution is 2.30. The van der Waals surface area contributed by atoms with Gasteiger partial charge in [-0.1, -0.05) is 47.7 Å². The first kappa shape index (κ1) is 17.1. The molecule has 2 heterocycles. The van der Waals surface area contributed by atoms with Crippen LogP contribution in [0.25, 0.3) is 0 Å². The molecule has 0 aliphatic carbocycles. The largest absolute Gasteiger partial charge is 0.486 e. The lowest BCUT2D eigenvalue weighted by Crippen LogP contribution is -2.40. The summed E-state index contributed by atoms with van der Waals surface area (Å²) >= 11 is 0. The Morgan fingerprint density at radius 1 is 1.19 bits per heavy atom. The molecule has 4 rings (SSSR count). The van der Waals surface area contributed by atoms with E-state index < -0.39 is 0 Å². The Morgan fingerprint density at radius 3 is 2.74 bits per heavy atom. The highest BCUT2D eigenvalue weighted by atomic mass is 16.6. The Kier molecular flexibility index (Phi) is 4.74. The Labute approximate surface area is 156 Å². The third-order valence-corrected chi connectivity index (χ3v) is 4.48. The molecule has 1 aliphatic rings. The fraction of sp³-hybridized carbons (Fsp3) is 0.250. The SMILES string of the molecule is C[C@H](c1ccccc1)n1cc(C(=O)NC[C@@H]2COc3ccccc3O2)nn1. The summed E-state index contributed by atoms with van der Waals surface area (Å²) in [5.41, 5.74) is 1.37. The maximum atomic E-state index is 12.4. The average Bonchev–Trinajstić information content (AvgIpc) is 3.22.